The van der Waals surface area contributed by atoms with E-state index in [0.29, 0.717) is 0 Å². The highest BCUT2D eigenvalue weighted by atomic mass is 15.2. The summed E-state index contributed by atoms with van der Waals surface area (Å²) in [5.74, 6) is 0. The van der Waals surface area contributed by atoms with Gasteiger partial charge < -0.3 is 39.2 Å². The van der Waals surface area contributed by atoms with Crippen molar-refractivity contribution in [3.8, 4) is 0 Å². The fourth-order valence-electron chi connectivity index (χ4n) is 18.6. The first-order valence-electron chi connectivity index (χ1n) is 44.3. The van der Waals surface area contributed by atoms with E-state index in [2.05, 4.69) is 573 Å². The van der Waals surface area contributed by atoms with E-state index in [-0.39, 0.29) is 0 Å². The Hall–Kier alpha value is -17.5. The van der Waals surface area contributed by atoms with Crippen LogP contribution in [0.15, 0.2) is 534 Å². The summed E-state index contributed by atoms with van der Waals surface area (Å²) in [6.45, 7) is 0. The number of anilines is 24. The third-order valence-corrected chi connectivity index (χ3v) is 24.7. The smallest absolute Gasteiger partial charge is 0.0540 e. The van der Waals surface area contributed by atoms with Crippen LogP contribution in [0.1, 0.15) is 0 Å². The minimum Gasteiger partial charge on any atom is -0.310 e. The molecular weight excluding hydrogens is 1580 g/mol. The number of rotatable bonds is 24. The molecule has 130 heavy (non-hydrogen) atoms. The lowest BCUT2D eigenvalue weighted by molar-refractivity contribution is 1.23. The van der Waals surface area contributed by atoms with Crippen LogP contribution in [0, 0.1) is 0 Å². The molecule has 22 aromatic rings. The molecule has 0 aromatic heterocycles. The van der Waals surface area contributed by atoms with E-state index < -0.39 is 0 Å². The van der Waals surface area contributed by atoms with Crippen molar-refractivity contribution < 1.29 is 0 Å². The van der Waals surface area contributed by atoms with Gasteiger partial charge in [-0.1, -0.05) is 273 Å². The van der Waals surface area contributed by atoms with Gasteiger partial charge in [-0.15, -0.1) is 0 Å². The number of para-hydroxylation sites is 5. The summed E-state index contributed by atoms with van der Waals surface area (Å²) in [6, 6.07) is 193. The summed E-state index contributed by atoms with van der Waals surface area (Å²) in [6.07, 6.45) is 0. The van der Waals surface area contributed by atoms with E-state index in [0.717, 1.165) is 142 Å². The number of fused-ring (bicyclic) bond motifs is 5. The zero-order valence-corrected chi connectivity index (χ0v) is 71.4. The molecule has 616 valence electrons. The molecular formula is C122H88N8. The Morgan fingerprint density at radius 3 is 0.331 bits per heavy atom. The molecule has 8 heteroatoms. The van der Waals surface area contributed by atoms with E-state index in [1.54, 1.807) is 0 Å². The van der Waals surface area contributed by atoms with Gasteiger partial charge in [-0.3, -0.25) is 0 Å². The number of hydrogen-bond acceptors (Lipinski definition) is 8. The molecule has 0 saturated carbocycles. The average Bonchev–Trinajstić information content (AvgIpc) is 0.783. The second-order valence-electron chi connectivity index (χ2n) is 32.5. The third-order valence-electron chi connectivity index (χ3n) is 24.7. The molecule has 22 rings (SSSR count). The summed E-state index contributed by atoms with van der Waals surface area (Å²) in [4.78, 5) is 19.0. The number of nitrogens with zero attached hydrogens (tertiary/aromatic N) is 8. The summed E-state index contributed by atoms with van der Waals surface area (Å²) >= 11 is 0. The van der Waals surface area contributed by atoms with Gasteiger partial charge in [0, 0.05) is 135 Å². The Kier molecular flexibility index (Phi) is 21.3. The van der Waals surface area contributed by atoms with Crippen molar-refractivity contribution in [2.75, 3.05) is 39.2 Å². The fourth-order valence-corrected chi connectivity index (χ4v) is 18.6. The van der Waals surface area contributed by atoms with Crippen molar-refractivity contribution in [3.05, 3.63) is 534 Å². The minimum atomic E-state index is 0.970. The molecule has 0 heterocycles. The Morgan fingerprint density at radius 2 is 0.185 bits per heavy atom. The normalized spacial score (nSPS) is 11.2. The molecule has 0 spiro atoms. The molecule has 0 aliphatic rings. The van der Waals surface area contributed by atoms with Gasteiger partial charge in [0.1, 0.15) is 0 Å². The van der Waals surface area contributed by atoms with Crippen molar-refractivity contribution >= 4 is 190 Å². The fraction of sp³-hybridized carbons (Fsp3) is 0. The van der Waals surface area contributed by atoms with Crippen molar-refractivity contribution in [1.82, 2.24) is 0 Å². The maximum atomic E-state index is 2.39. The van der Waals surface area contributed by atoms with E-state index in [1.807, 2.05) is 0 Å². The largest absolute Gasteiger partial charge is 0.310 e. The van der Waals surface area contributed by atoms with Gasteiger partial charge in [0.15, 0.2) is 0 Å². The molecule has 0 aliphatic heterocycles. The third kappa shape index (κ3) is 15.4. The average molecular weight is 1670 g/mol. The van der Waals surface area contributed by atoms with Crippen LogP contribution < -0.4 is 39.2 Å². The molecule has 0 atom stereocenters. The summed E-state index contributed by atoms with van der Waals surface area (Å²) in [5.41, 5.74) is 24.8. The van der Waals surface area contributed by atoms with Crippen LogP contribution in [0.25, 0.3) is 53.9 Å². The zero-order valence-electron chi connectivity index (χ0n) is 71.4. The standard InChI is InChI=1S/C122H88N8/c1-6-41-94(42-7-1)126(118-56-26-36-89-31-16-21-51-113(89)118)108-79-69-103(70-80-108)123(99-61-65-101(66-62-99)124(104-71-81-109(82-72-104)127(95-43-8-2-9-44-95)119-57-27-37-90-32-17-22-52-114(90)119)105-73-83-110(84-74-105)128(96-45-10-3-11-46-96)120-58-28-38-91-33-18-23-53-115(91)120)100-63-67-102(68-64-100)125(106-75-85-111(86-76-106)129(97-47-12-4-13-48-97)121-59-29-39-92-34-19-24-54-116(92)121)107-77-87-112(88-78-107)130(98-49-14-5-15-50-98)122-60-30-40-93-35-20-25-55-117(93)122/h1-88H. The van der Waals surface area contributed by atoms with Crippen LogP contribution in [-0.2, 0) is 0 Å². The van der Waals surface area contributed by atoms with Gasteiger partial charge in [0.2, 0.25) is 0 Å². The van der Waals surface area contributed by atoms with Gasteiger partial charge in [-0.25, -0.2) is 0 Å². The van der Waals surface area contributed by atoms with Crippen molar-refractivity contribution in [3.63, 3.8) is 0 Å². The van der Waals surface area contributed by atoms with Crippen molar-refractivity contribution in [1.29, 1.82) is 0 Å². The van der Waals surface area contributed by atoms with Crippen LogP contribution in [0.3, 0.4) is 0 Å². The zero-order chi connectivity index (χ0) is 86.5. The lowest BCUT2D eigenvalue weighted by Crippen LogP contribution is -2.15. The number of benzene rings is 22. The Balaban J connectivity index is 0.686. The number of hydrogen-bond donors (Lipinski definition) is 0. The van der Waals surface area contributed by atoms with Crippen molar-refractivity contribution in [2.45, 2.75) is 0 Å². The maximum absolute atomic E-state index is 2.39. The topological polar surface area (TPSA) is 25.9 Å². The monoisotopic (exact) mass is 1660 g/mol. The van der Waals surface area contributed by atoms with Gasteiger partial charge in [-0.05, 0) is 288 Å². The molecule has 0 amide bonds. The van der Waals surface area contributed by atoms with E-state index in [4.69, 9.17) is 0 Å². The predicted molar refractivity (Wildman–Crippen MR) is 551 cm³/mol. The molecule has 0 aliphatic carbocycles. The molecule has 0 N–H and O–H groups in total. The summed E-state index contributed by atoms with van der Waals surface area (Å²) in [7, 11) is 0. The summed E-state index contributed by atoms with van der Waals surface area (Å²) < 4.78 is 0. The van der Waals surface area contributed by atoms with Gasteiger partial charge in [0.25, 0.3) is 0 Å². The Bertz CT molecular complexity index is 6970. The lowest BCUT2D eigenvalue weighted by Gasteiger charge is -2.31. The predicted octanol–water partition coefficient (Wildman–Crippen LogP) is 35.2. The molecule has 22 aromatic carbocycles. The minimum absolute atomic E-state index is 0.970. The first kappa shape index (κ1) is 78.5. The molecule has 0 radical (unpaired) electrons. The first-order chi connectivity index (χ1) is 64.5. The lowest BCUT2D eigenvalue weighted by atomic mass is 10.1. The van der Waals surface area contributed by atoms with E-state index in [9.17, 15) is 0 Å². The molecule has 0 unspecified atom stereocenters. The highest BCUT2D eigenvalue weighted by Crippen LogP contribution is 2.50. The Morgan fingerprint density at radius 1 is 0.0769 bits per heavy atom. The second kappa shape index (κ2) is 35.3. The van der Waals surface area contributed by atoms with E-state index in [1.165, 1.54) is 48.5 Å². The quantitative estimate of drug-likeness (QED) is 0.0591. The van der Waals surface area contributed by atoms with Gasteiger partial charge >= 0.3 is 0 Å². The highest BCUT2D eigenvalue weighted by Gasteiger charge is 2.26. The van der Waals surface area contributed by atoms with Crippen molar-refractivity contribution in [2.24, 2.45) is 0 Å². The van der Waals surface area contributed by atoms with Crippen LogP contribution in [-0.4, -0.2) is 0 Å². The highest BCUT2D eigenvalue weighted by molar-refractivity contribution is 6.05. The van der Waals surface area contributed by atoms with Gasteiger partial charge in [0.05, 0.1) is 28.4 Å². The first-order valence-corrected chi connectivity index (χ1v) is 44.3. The van der Waals surface area contributed by atoms with Crippen LogP contribution in [0.2, 0.25) is 0 Å². The Labute approximate surface area is 758 Å². The van der Waals surface area contributed by atoms with E-state index >= 15 is 0 Å². The maximum Gasteiger partial charge on any atom is 0.0540 e. The van der Waals surface area contributed by atoms with Crippen LogP contribution in [0.5, 0.6) is 0 Å². The molecule has 0 fully saturated rings. The SMILES string of the molecule is c1ccc(N(c2ccc(N(c3ccc(N(c4ccc(N(c5ccccc5)c5cccc6ccccc56)cc4)c4ccc(N(c5ccccc5)c5cccc6ccccc56)cc4)cc3)c3ccc(N(c4ccc(N(c5ccccc5)c5cccc6ccccc56)cc4)c4ccc(N(c5ccccc5)c5cccc6ccccc56)cc4)cc3)cc2)c2cccc3ccccc23)cc1. The second-order valence-corrected chi connectivity index (χ2v) is 32.5. The summed E-state index contributed by atoms with van der Waals surface area (Å²) in [5, 5.41) is 11.7. The van der Waals surface area contributed by atoms with Gasteiger partial charge in [-0.2, -0.15) is 0 Å². The van der Waals surface area contributed by atoms with Crippen LogP contribution >= 0.6 is 0 Å². The molecule has 0 bridgehead atoms. The van der Waals surface area contributed by atoms with Crippen LogP contribution in [0.4, 0.5) is 136 Å². The molecule has 0 saturated heterocycles. The molecule has 8 nitrogen and oxygen atoms in total.